The highest BCUT2D eigenvalue weighted by atomic mass is 16.5. The molecule has 2 aliphatic carbocycles. The molecule has 0 bridgehead atoms. The summed E-state index contributed by atoms with van der Waals surface area (Å²) in [6.45, 7) is 10.2. The molecule has 3 aliphatic rings. The lowest BCUT2D eigenvalue weighted by Crippen LogP contribution is -2.61. The first-order chi connectivity index (χ1) is 25.7. The number of hydrogen-bond acceptors (Lipinski definition) is 7. The standard InChI is InChI=1S/C42H65N5O7/c1-6-27(2)33(40(52)54-26-29-17-11-7-12-18-29)45-41(53)46-34(30-19-13-9-14-20-30)39(51)47-25-24-31(42(3,4)5)35(47)38(50)44-32(36(48)37(43)49)21-15-8-10-16-28-22-23-28/h7,11-12,17-18,27-28,30-35H,6,8-10,13-16,19-26H2,1-5H3,(H2,43,49)(H,44,50)(H2,45,46,53)/t27?,31-,32?,33?,34-,35-/m0/s1. The highest BCUT2D eigenvalue weighted by Crippen LogP contribution is 2.40. The van der Waals surface area contributed by atoms with E-state index in [9.17, 15) is 28.8 Å². The van der Waals surface area contributed by atoms with Gasteiger partial charge in [0.2, 0.25) is 17.6 Å². The van der Waals surface area contributed by atoms with E-state index >= 15 is 0 Å². The minimum absolute atomic E-state index is 0.0682. The van der Waals surface area contributed by atoms with Crippen LogP contribution in [0.15, 0.2) is 30.3 Å². The van der Waals surface area contributed by atoms with Crippen molar-refractivity contribution in [1.29, 1.82) is 0 Å². The van der Waals surface area contributed by atoms with Crippen LogP contribution in [0.3, 0.4) is 0 Å². The van der Waals surface area contributed by atoms with E-state index in [1.54, 1.807) is 4.90 Å². The minimum atomic E-state index is -1.10. The Kier molecular flexibility index (Phi) is 15.9. The number of unbranched alkanes of at least 4 members (excludes halogenated alkanes) is 2. The maximum absolute atomic E-state index is 14.7. The summed E-state index contributed by atoms with van der Waals surface area (Å²) in [6, 6.07) is 4.78. The number of primary amides is 1. The Morgan fingerprint density at radius 3 is 2.19 bits per heavy atom. The van der Waals surface area contributed by atoms with Gasteiger partial charge in [-0.05, 0) is 60.3 Å². The summed E-state index contributed by atoms with van der Waals surface area (Å²) < 4.78 is 5.61. The SMILES string of the molecule is CCC(C)C(NC(=O)N[C@H](C(=O)N1CC[C@H](C(C)(C)C)[C@H]1C(=O)NC(CCCCCC1CC1)C(=O)C(N)=O)C1CCCCC1)C(=O)OCc1ccccc1. The number of nitrogens with zero attached hydrogens (tertiary/aromatic N) is 1. The highest BCUT2D eigenvalue weighted by molar-refractivity contribution is 6.37. The van der Waals surface area contributed by atoms with Crippen molar-refractivity contribution in [3.05, 3.63) is 35.9 Å². The van der Waals surface area contributed by atoms with Crippen molar-refractivity contribution in [2.45, 2.75) is 155 Å². The topological polar surface area (TPSA) is 177 Å². The van der Waals surface area contributed by atoms with Crippen LogP contribution in [0.2, 0.25) is 0 Å². The zero-order valence-corrected chi connectivity index (χ0v) is 33.2. The minimum Gasteiger partial charge on any atom is -0.459 e. The van der Waals surface area contributed by atoms with Gasteiger partial charge >= 0.3 is 12.0 Å². The molecule has 5 amide bonds. The molecule has 1 saturated heterocycles. The van der Waals surface area contributed by atoms with Gasteiger partial charge in [-0.2, -0.15) is 0 Å². The Hall–Kier alpha value is -3.96. The van der Waals surface area contributed by atoms with E-state index in [0.717, 1.165) is 62.8 Å². The Morgan fingerprint density at radius 1 is 0.889 bits per heavy atom. The second kappa shape index (κ2) is 20.1. The van der Waals surface area contributed by atoms with E-state index < -0.39 is 53.8 Å². The van der Waals surface area contributed by atoms with Crippen LogP contribution in [0.5, 0.6) is 0 Å². The number of urea groups is 1. The molecule has 5 N–H and O–H groups in total. The first-order valence-corrected chi connectivity index (χ1v) is 20.4. The lowest BCUT2D eigenvalue weighted by molar-refractivity contribution is -0.148. The third-order valence-corrected chi connectivity index (χ3v) is 11.9. The van der Waals surface area contributed by atoms with Gasteiger partial charge in [0.25, 0.3) is 5.91 Å². The van der Waals surface area contributed by atoms with Gasteiger partial charge in [0.05, 0.1) is 6.04 Å². The zero-order valence-electron chi connectivity index (χ0n) is 33.2. The van der Waals surface area contributed by atoms with Crippen LogP contribution < -0.4 is 21.7 Å². The van der Waals surface area contributed by atoms with Crippen LogP contribution in [0.1, 0.15) is 130 Å². The number of carbonyl (C=O) groups is 6. The van der Waals surface area contributed by atoms with E-state index in [-0.39, 0.29) is 42.1 Å². The zero-order chi connectivity index (χ0) is 39.4. The molecule has 3 fully saturated rings. The van der Waals surface area contributed by atoms with Gasteiger partial charge in [0.15, 0.2) is 0 Å². The number of ether oxygens (including phenoxy) is 1. The lowest BCUT2D eigenvalue weighted by Gasteiger charge is -2.38. The summed E-state index contributed by atoms with van der Waals surface area (Å²) in [5.41, 5.74) is 5.88. The van der Waals surface area contributed by atoms with Crippen molar-refractivity contribution in [2.24, 2.45) is 34.8 Å². The number of likely N-dealkylation sites (tertiary alicyclic amines) is 1. The number of ketones is 1. The third kappa shape index (κ3) is 12.3. The van der Waals surface area contributed by atoms with Crippen molar-refractivity contribution >= 4 is 35.5 Å². The fourth-order valence-electron chi connectivity index (χ4n) is 8.17. The molecule has 0 radical (unpaired) electrons. The maximum Gasteiger partial charge on any atom is 0.329 e. The molecular formula is C42H65N5O7. The third-order valence-electron chi connectivity index (χ3n) is 11.9. The van der Waals surface area contributed by atoms with Crippen LogP contribution in [-0.4, -0.2) is 71.1 Å². The van der Waals surface area contributed by atoms with Crippen molar-refractivity contribution in [2.75, 3.05) is 6.54 Å². The van der Waals surface area contributed by atoms with Gasteiger partial charge in [-0.25, -0.2) is 9.59 Å². The van der Waals surface area contributed by atoms with Crippen molar-refractivity contribution in [1.82, 2.24) is 20.9 Å². The molecule has 1 aromatic carbocycles. The van der Waals surface area contributed by atoms with Gasteiger partial charge in [0.1, 0.15) is 24.7 Å². The van der Waals surface area contributed by atoms with Gasteiger partial charge in [-0.3, -0.25) is 19.2 Å². The molecule has 0 spiro atoms. The molecule has 2 saturated carbocycles. The van der Waals surface area contributed by atoms with Gasteiger partial charge in [-0.1, -0.05) is 129 Å². The van der Waals surface area contributed by atoms with E-state index in [2.05, 4.69) is 16.0 Å². The summed E-state index contributed by atoms with van der Waals surface area (Å²) >= 11 is 0. The molecule has 12 heteroatoms. The lowest BCUT2D eigenvalue weighted by atomic mass is 9.75. The second-order valence-corrected chi connectivity index (χ2v) is 17.1. The van der Waals surface area contributed by atoms with Crippen molar-refractivity contribution < 1.29 is 33.5 Å². The number of nitrogens with two attached hydrogens (primary N) is 1. The first kappa shape index (κ1) is 42.8. The summed E-state index contributed by atoms with van der Waals surface area (Å²) in [7, 11) is 0. The number of amides is 5. The Morgan fingerprint density at radius 2 is 1.57 bits per heavy atom. The number of rotatable bonds is 19. The van der Waals surface area contributed by atoms with Crippen LogP contribution in [0, 0.1) is 29.1 Å². The van der Waals surface area contributed by atoms with E-state index in [0.29, 0.717) is 25.8 Å². The monoisotopic (exact) mass is 751 g/mol. The Bertz CT molecular complexity index is 1440. The van der Waals surface area contributed by atoms with E-state index in [1.807, 2.05) is 65.0 Å². The van der Waals surface area contributed by atoms with Gasteiger partial charge < -0.3 is 31.3 Å². The molecule has 1 aromatic rings. The predicted molar refractivity (Wildman–Crippen MR) is 207 cm³/mol. The van der Waals surface area contributed by atoms with Crippen LogP contribution in [0.25, 0.3) is 0 Å². The van der Waals surface area contributed by atoms with Crippen LogP contribution >= 0.6 is 0 Å². The smallest absolute Gasteiger partial charge is 0.329 e. The second-order valence-electron chi connectivity index (χ2n) is 17.1. The molecule has 1 aliphatic heterocycles. The summed E-state index contributed by atoms with van der Waals surface area (Å²) in [6.07, 6.45) is 12.0. The Labute approximate surface area is 321 Å². The quantitative estimate of drug-likeness (QED) is 0.0813. The summed E-state index contributed by atoms with van der Waals surface area (Å²) in [5.74, 6) is -3.22. The molecule has 3 unspecified atom stereocenters. The maximum atomic E-state index is 14.7. The van der Waals surface area contributed by atoms with E-state index in [4.69, 9.17) is 10.5 Å². The van der Waals surface area contributed by atoms with Crippen LogP contribution in [-0.2, 0) is 35.3 Å². The first-order valence-electron chi connectivity index (χ1n) is 20.4. The summed E-state index contributed by atoms with van der Waals surface area (Å²) in [4.78, 5) is 82.7. The number of nitrogens with one attached hydrogen (secondary N) is 3. The molecule has 12 nitrogen and oxygen atoms in total. The molecule has 300 valence electrons. The molecular weight excluding hydrogens is 686 g/mol. The largest absolute Gasteiger partial charge is 0.459 e. The summed E-state index contributed by atoms with van der Waals surface area (Å²) in [5, 5.41) is 8.61. The Balaban J connectivity index is 1.52. The predicted octanol–water partition coefficient (Wildman–Crippen LogP) is 5.56. The highest BCUT2D eigenvalue weighted by Gasteiger charge is 2.49. The average Bonchev–Trinajstić information content (AvgIpc) is 3.87. The van der Waals surface area contributed by atoms with Crippen LogP contribution in [0.4, 0.5) is 4.79 Å². The fraction of sp³-hybridized carbons (Fsp3) is 0.714. The van der Waals surface area contributed by atoms with Crippen molar-refractivity contribution in [3.63, 3.8) is 0 Å². The molecule has 0 aromatic heterocycles. The van der Waals surface area contributed by atoms with Gasteiger partial charge in [0, 0.05) is 6.54 Å². The van der Waals surface area contributed by atoms with Gasteiger partial charge in [-0.15, -0.1) is 0 Å². The normalized spacial score (nSPS) is 21.3. The number of carbonyl (C=O) groups excluding carboxylic acids is 6. The van der Waals surface area contributed by atoms with Crippen molar-refractivity contribution in [3.8, 4) is 0 Å². The molecule has 1 heterocycles. The van der Waals surface area contributed by atoms with E-state index in [1.165, 1.54) is 12.8 Å². The average molecular weight is 752 g/mol. The number of esters is 1. The number of Topliss-reactive ketones (excluding diaryl/α,β-unsaturated/α-hetero) is 1. The number of hydrogen-bond donors (Lipinski definition) is 4. The fourth-order valence-corrected chi connectivity index (χ4v) is 8.17. The molecule has 6 atom stereocenters. The molecule has 54 heavy (non-hydrogen) atoms. The number of benzene rings is 1. The molecule has 4 rings (SSSR count).